The van der Waals surface area contributed by atoms with E-state index in [4.69, 9.17) is 4.74 Å². The van der Waals surface area contributed by atoms with Crippen LogP contribution >= 0.6 is 11.3 Å². The third kappa shape index (κ3) is 3.77. The Bertz CT molecular complexity index is 658. The first-order valence-corrected chi connectivity index (χ1v) is 9.18. The Morgan fingerprint density at radius 2 is 2.08 bits per heavy atom. The summed E-state index contributed by atoms with van der Waals surface area (Å²) in [6.07, 6.45) is 4.36. The summed E-state index contributed by atoms with van der Waals surface area (Å²) in [6, 6.07) is 2.02. The van der Waals surface area contributed by atoms with Crippen LogP contribution in [-0.4, -0.2) is 42.8 Å². The molecule has 1 aliphatic carbocycles. The molecule has 1 atom stereocenters. The second-order valence-electron chi connectivity index (χ2n) is 6.48. The van der Waals surface area contributed by atoms with E-state index in [9.17, 15) is 9.59 Å². The van der Waals surface area contributed by atoms with Crippen LogP contribution in [0.3, 0.4) is 0 Å². The van der Waals surface area contributed by atoms with E-state index in [0.29, 0.717) is 31.8 Å². The van der Waals surface area contributed by atoms with Crippen molar-refractivity contribution in [3.63, 3.8) is 0 Å². The first kappa shape index (κ1) is 17.0. The van der Waals surface area contributed by atoms with Crippen molar-refractivity contribution in [3.8, 4) is 0 Å². The third-order valence-corrected chi connectivity index (χ3v) is 5.88. The molecule has 1 aromatic heterocycles. The number of piperidine rings is 1. The molecule has 0 radical (unpaired) electrons. The number of likely N-dealkylation sites (tertiary alicyclic amines) is 1. The quantitative estimate of drug-likeness (QED) is 0.835. The van der Waals surface area contributed by atoms with Crippen molar-refractivity contribution in [2.45, 2.75) is 39.0 Å². The normalized spacial score (nSPS) is 20.3. The van der Waals surface area contributed by atoms with Crippen LogP contribution < -0.4 is 5.43 Å². The molecule has 3 rings (SSSR count). The number of methoxy groups -OCH3 is 1. The maximum Gasteiger partial charge on any atom is 0.409 e. The van der Waals surface area contributed by atoms with E-state index in [1.165, 1.54) is 24.0 Å². The number of hydrogen-bond donors (Lipinski definition) is 1. The Morgan fingerprint density at radius 1 is 1.33 bits per heavy atom. The van der Waals surface area contributed by atoms with Crippen molar-refractivity contribution in [2.24, 2.45) is 11.0 Å². The molecule has 1 saturated heterocycles. The molecule has 0 saturated carbocycles. The van der Waals surface area contributed by atoms with Gasteiger partial charge in [0.05, 0.1) is 12.0 Å². The van der Waals surface area contributed by atoms with Crippen molar-refractivity contribution in [3.05, 3.63) is 21.4 Å². The second-order valence-corrected chi connectivity index (χ2v) is 7.62. The summed E-state index contributed by atoms with van der Waals surface area (Å²) in [5.74, 6) is 0.563. The molecular weight excluding hydrogens is 326 g/mol. The van der Waals surface area contributed by atoms with Gasteiger partial charge in [0.2, 0.25) is 0 Å². The van der Waals surface area contributed by atoms with Crippen molar-refractivity contribution in [1.82, 2.24) is 10.3 Å². The summed E-state index contributed by atoms with van der Waals surface area (Å²) in [7, 11) is 1.38. The van der Waals surface area contributed by atoms with Gasteiger partial charge >= 0.3 is 6.09 Å². The molecule has 1 N–H and O–H groups in total. The SMILES string of the molecule is COC(=O)N1CCC(=NNC(=O)c2cc3c(s2)CC[C@@H](C)C3)CC1. The van der Waals surface area contributed by atoms with Gasteiger partial charge in [0.25, 0.3) is 5.91 Å². The van der Waals surface area contributed by atoms with Crippen LogP contribution in [0.4, 0.5) is 4.79 Å². The summed E-state index contributed by atoms with van der Waals surface area (Å²) in [4.78, 5) is 27.5. The maximum atomic E-state index is 12.3. The molecule has 0 aromatic carbocycles. The number of nitrogens with one attached hydrogen (secondary N) is 1. The van der Waals surface area contributed by atoms with E-state index < -0.39 is 0 Å². The molecule has 7 heteroatoms. The lowest BCUT2D eigenvalue weighted by atomic mass is 9.90. The number of nitrogens with zero attached hydrogens (tertiary/aromatic N) is 2. The molecule has 6 nitrogen and oxygen atoms in total. The molecule has 2 heterocycles. The lowest BCUT2D eigenvalue weighted by Gasteiger charge is -2.26. The predicted octanol–water partition coefficient (Wildman–Crippen LogP) is 2.82. The molecule has 0 spiro atoms. The van der Waals surface area contributed by atoms with Gasteiger partial charge in [-0.25, -0.2) is 10.2 Å². The van der Waals surface area contributed by atoms with Gasteiger partial charge in [-0.1, -0.05) is 6.92 Å². The zero-order valence-corrected chi connectivity index (χ0v) is 14.9. The molecule has 130 valence electrons. The first-order valence-electron chi connectivity index (χ1n) is 8.37. The molecule has 24 heavy (non-hydrogen) atoms. The van der Waals surface area contributed by atoms with E-state index in [2.05, 4.69) is 17.5 Å². The fourth-order valence-electron chi connectivity index (χ4n) is 3.19. The monoisotopic (exact) mass is 349 g/mol. The Hall–Kier alpha value is -1.89. The van der Waals surface area contributed by atoms with Gasteiger partial charge in [-0.2, -0.15) is 5.10 Å². The topological polar surface area (TPSA) is 71.0 Å². The van der Waals surface area contributed by atoms with Crippen molar-refractivity contribution in [2.75, 3.05) is 20.2 Å². The summed E-state index contributed by atoms with van der Waals surface area (Å²) in [5.41, 5.74) is 4.91. The van der Waals surface area contributed by atoms with Crippen LogP contribution in [0.2, 0.25) is 0 Å². The van der Waals surface area contributed by atoms with Gasteiger partial charge < -0.3 is 9.64 Å². The highest BCUT2D eigenvalue weighted by atomic mass is 32.1. The van der Waals surface area contributed by atoms with Crippen LogP contribution in [0.15, 0.2) is 11.2 Å². The van der Waals surface area contributed by atoms with Crippen LogP contribution in [0.5, 0.6) is 0 Å². The van der Waals surface area contributed by atoms with Crippen LogP contribution in [0.1, 0.15) is 46.3 Å². The van der Waals surface area contributed by atoms with E-state index >= 15 is 0 Å². The summed E-state index contributed by atoms with van der Waals surface area (Å²) in [5, 5.41) is 4.25. The number of carbonyl (C=O) groups excluding carboxylic acids is 2. The van der Waals surface area contributed by atoms with E-state index in [1.807, 2.05) is 6.07 Å². The minimum atomic E-state index is -0.309. The number of hydrazone groups is 1. The number of ether oxygens (including phenoxy) is 1. The summed E-state index contributed by atoms with van der Waals surface area (Å²) >= 11 is 1.59. The third-order valence-electron chi connectivity index (χ3n) is 4.64. The number of hydrogen-bond acceptors (Lipinski definition) is 5. The Labute approximate surface area is 145 Å². The van der Waals surface area contributed by atoms with E-state index in [0.717, 1.165) is 23.4 Å². The zero-order chi connectivity index (χ0) is 17.1. The van der Waals surface area contributed by atoms with E-state index in [-0.39, 0.29) is 12.0 Å². The highest BCUT2D eigenvalue weighted by Crippen LogP contribution is 2.32. The number of amides is 2. The lowest BCUT2D eigenvalue weighted by Crippen LogP contribution is -2.39. The van der Waals surface area contributed by atoms with Crippen LogP contribution in [-0.2, 0) is 17.6 Å². The smallest absolute Gasteiger partial charge is 0.409 e. The number of fused-ring (bicyclic) bond motifs is 1. The highest BCUT2D eigenvalue weighted by molar-refractivity contribution is 7.14. The van der Waals surface area contributed by atoms with Crippen molar-refractivity contribution in [1.29, 1.82) is 0 Å². The number of thiophene rings is 1. The second kappa shape index (κ2) is 7.34. The van der Waals surface area contributed by atoms with Gasteiger partial charge in [0.15, 0.2) is 0 Å². The highest BCUT2D eigenvalue weighted by Gasteiger charge is 2.22. The molecule has 0 bridgehead atoms. The molecule has 0 unspecified atom stereocenters. The number of carbonyl (C=O) groups is 2. The van der Waals surface area contributed by atoms with Gasteiger partial charge in [0.1, 0.15) is 0 Å². The van der Waals surface area contributed by atoms with Crippen molar-refractivity contribution >= 4 is 29.0 Å². The fourth-order valence-corrected chi connectivity index (χ4v) is 4.29. The van der Waals surface area contributed by atoms with Crippen molar-refractivity contribution < 1.29 is 14.3 Å². The molecule has 2 amide bonds. The molecule has 2 aliphatic rings. The Kier molecular flexibility index (Phi) is 5.18. The molecular formula is C17H23N3O3S. The van der Waals surface area contributed by atoms with Crippen LogP contribution in [0, 0.1) is 5.92 Å². The number of aryl methyl sites for hydroxylation is 1. The number of rotatable bonds is 2. The van der Waals surface area contributed by atoms with Gasteiger partial charge in [-0.3, -0.25) is 4.79 Å². The van der Waals surface area contributed by atoms with Gasteiger partial charge in [0, 0.05) is 36.5 Å². The average Bonchev–Trinajstić information content (AvgIpc) is 3.02. The maximum absolute atomic E-state index is 12.3. The van der Waals surface area contributed by atoms with Crippen LogP contribution in [0.25, 0.3) is 0 Å². The van der Waals surface area contributed by atoms with Gasteiger partial charge in [-0.05, 0) is 36.8 Å². The Morgan fingerprint density at radius 3 is 2.79 bits per heavy atom. The van der Waals surface area contributed by atoms with Gasteiger partial charge in [-0.15, -0.1) is 11.3 Å². The minimum Gasteiger partial charge on any atom is -0.453 e. The first-order chi connectivity index (χ1) is 11.6. The summed E-state index contributed by atoms with van der Waals surface area (Å²) < 4.78 is 4.71. The largest absolute Gasteiger partial charge is 0.453 e. The predicted molar refractivity (Wildman–Crippen MR) is 93.6 cm³/mol. The molecule has 1 fully saturated rings. The van der Waals surface area contributed by atoms with E-state index in [1.54, 1.807) is 16.2 Å². The standard InChI is InChI=1S/C17H23N3O3S/c1-11-3-4-14-12(9-11)10-15(24-14)16(21)19-18-13-5-7-20(8-6-13)17(22)23-2/h10-11H,3-9H2,1-2H3,(H,19,21)/t11-/m1/s1. The summed E-state index contributed by atoms with van der Waals surface area (Å²) in [6.45, 7) is 3.41. The average molecular weight is 349 g/mol. The molecule has 1 aliphatic heterocycles. The minimum absolute atomic E-state index is 0.134. The lowest BCUT2D eigenvalue weighted by molar-refractivity contribution is 0.0957. The zero-order valence-electron chi connectivity index (χ0n) is 14.1. The Balaban J connectivity index is 1.55. The molecule has 1 aromatic rings. The fraction of sp³-hybridized carbons (Fsp3) is 0.588.